The van der Waals surface area contributed by atoms with Gasteiger partial charge in [0.25, 0.3) is 5.56 Å². The maximum absolute atomic E-state index is 12.8. The second kappa shape index (κ2) is 7.28. The maximum Gasteiger partial charge on any atom is 0.278 e. The van der Waals surface area contributed by atoms with Crippen LogP contribution in [-0.4, -0.2) is 47.3 Å². The number of fused-ring (bicyclic) bond motifs is 1. The van der Waals surface area contributed by atoms with Crippen LogP contribution in [0, 0.1) is 6.92 Å². The topological polar surface area (TPSA) is 94.7 Å². The van der Waals surface area contributed by atoms with E-state index in [1.807, 2.05) is 19.2 Å². The molecule has 0 fully saturated rings. The van der Waals surface area contributed by atoms with Crippen molar-refractivity contribution in [3.05, 3.63) is 46.9 Å². The van der Waals surface area contributed by atoms with E-state index in [0.29, 0.717) is 34.4 Å². The van der Waals surface area contributed by atoms with Gasteiger partial charge in [-0.3, -0.25) is 9.00 Å². The monoisotopic (exact) mass is 406 g/mol. The maximum atomic E-state index is 12.8. The molecular weight excluding hydrogens is 384 g/mol. The highest BCUT2D eigenvalue weighted by Crippen LogP contribution is 2.21. The van der Waals surface area contributed by atoms with Gasteiger partial charge in [-0.25, -0.2) is 24.3 Å². The Morgan fingerprint density at radius 3 is 2.70 bits per heavy atom. The summed E-state index contributed by atoms with van der Waals surface area (Å²) in [7, 11) is -2.54. The molecule has 3 rings (SSSR count). The Balaban J connectivity index is 2.31. The molecule has 8 nitrogen and oxygen atoms in total. The lowest BCUT2D eigenvalue weighted by Crippen LogP contribution is -2.23. The van der Waals surface area contributed by atoms with Crippen molar-refractivity contribution in [1.82, 2.24) is 24.3 Å². The number of rotatable bonds is 6. The van der Waals surface area contributed by atoms with E-state index >= 15 is 0 Å². The van der Waals surface area contributed by atoms with Gasteiger partial charge in [0.2, 0.25) is 0 Å². The standard InChI is InChI=1S/C17H22N6O2S2/c1-6-9-22-16(24)12-10-18-17(26-3)20-15(12)23(22)13-8-7-11(2)14(19-13)21-27(4,5)25/h6-8,10,27H,1,9H2,2-5H3,(H,19,21,25). The van der Waals surface area contributed by atoms with Crippen LogP contribution in [0.25, 0.3) is 16.9 Å². The predicted octanol–water partition coefficient (Wildman–Crippen LogP) is 1.80. The molecule has 3 aromatic rings. The zero-order chi connectivity index (χ0) is 19.8. The van der Waals surface area contributed by atoms with Gasteiger partial charge in [-0.2, -0.15) is 0 Å². The Bertz CT molecular complexity index is 1130. The molecule has 27 heavy (non-hydrogen) atoms. The summed E-state index contributed by atoms with van der Waals surface area (Å²) in [6.45, 7) is 5.91. The first kappa shape index (κ1) is 19.3. The van der Waals surface area contributed by atoms with E-state index in [4.69, 9.17) is 0 Å². The molecule has 144 valence electrons. The number of hydrogen-bond donors (Lipinski definition) is 2. The van der Waals surface area contributed by atoms with Crippen LogP contribution in [0.5, 0.6) is 0 Å². The summed E-state index contributed by atoms with van der Waals surface area (Å²) in [5.74, 6) is 1.01. The van der Waals surface area contributed by atoms with Crippen molar-refractivity contribution < 1.29 is 4.21 Å². The lowest BCUT2D eigenvalue weighted by atomic mass is 10.3. The van der Waals surface area contributed by atoms with Gasteiger partial charge in [-0.15, -0.1) is 6.58 Å². The number of anilines is 1. The molecule has 1 N–H and O–H groups in total. The quantitative estimate of drug-likeness (QED) is 0.281. The smallest absolute Gasteiger partial charge is 0.278 e. The van der Waals surface area contributed by atoms with Crippen LogP contribution in [0.2, 0.25) is 0 Å². The van der Waals surface area contributed by atoms with Gasteiger partial charge in [0.1, 0.15) is 11.2 Å². The summed E-state index contributed by atoms with van der Waals surface area (Å²) < 4.78 is 18.3. The van der Waals surface area contributed by atoms with E-state index in [9.17, 15) is 9.00 Å². The second-order valence-electron chi connectivity index (χ2n) is 6.38. The fourth-order valence-corrected chi connectivity index (χ4v) is 3.71. The summed E-state index contributed by atoms with van der Waals surface area (Å²) in [6.07, 6.45) is 8.32. The van der Waals surface area contributed by atoms with E-state index in [1.165, 1.54) is 22.6 Å². The van der Waals surface area contributed by atoms with Crippen LogP contribution in [0.4, 0.5) is 5.82 Å². The molecule has 0 bridgehead atoms. The molecule has 0 unspecified atom stereocenters. The van der Waals surface area contributed by atoms with Gasteiger partial charge >= 0.3 is 0 Å². The van der Waals surface area contributed by atoms with Crippen molar-refractivity contribution in [3.8, 4) is 5.82 Å². The minimum absolute atomic E-state index is 0.217. The highest BCUT2D eigenvalue weighted by molar-refractivity contribution is 8.02. The van der Waals surface area contributed by atoms with Crippen LogP contribution in [0.15, 0.2) is 40.9 Å². The average molecular weight is 407 g/mol. The molecule has 0 saturated heterocycles. The highest BCUT2D eigenvalue weighted by atomic mass is 32.3. The SMILES string of the molecule is C=CCn1c(=O)c2cnc(SC)nc2n1-c1ccc(C)c(N[SH](C)(C)=O)n1. The summed E-state index contributed by atoms with van der Waals surface area (Å²) in [6, 6.07) is 3.67. The molecule has 0 aliphatic heterocycles. The molecule has 0 saturated carbocycles. The number of pyridine rings is 1. The largest absolute Gasteiger partial charge is 0.311 e. The highest BCUT2D eigenvalue weighted by Gasteiger charge is 2.18. The first-order chi connectivity index (χ1) is 12.7. The third-order valence-corrected chi connectivity index (χ3v) is 5.12. The Morgan fingerprint density at radius 2 is 2.07 bits per heavy atom. The molecule has 3 heterocycles. The molecular formula is C17H22N6O2S2. The molecule has 3 aromatic heterocycles. The zero-order valence-corrected chi connectivity index (χ0v) is 17.3. The average Bonchev–Trinajstić information content (AvgIpc) is 2.88. The number of allylic oxidation sites excluding steroid dienone is 1. The van der Waals surface area contributed by atoms with Gasteiger partial charge in [-0.05, 0) is 34.9 Å². The van der Waals surface area contributed by atoms with E-state index in [-0.39, 0.29) is 5.56 Å². The Labute approximate surface area is 162 Å². The van der Waals surface area contributed by atoms with Crippen molar-refractivity contribution in [2.75, 3.05) is 23.5 Å². The molecule has 0 spiro atoms. The van der Waals surface area contributed by atoms with E-state index in [0.717, 1.165) is 5.56 Å². The van der Waals surface area contributed by atoms with Crippen molar-refractivity contribution >= 4 is 38.7 Å². The number of nitrogens with one attached hydrogen (secondary N) is 1. The first-order valence-electron chi connectivity index (χ1n) is 8.20. The Morgan fingerprint density at radius 1 is 1.33 bits per heavy atom. The fraction of sp³-hybridized carbons (Fsp3) is 0.294. The van der Waals surface area contributed by atoms with Gasteiger partial charge in [0.05, 0.1) is 6.54 Å². The first-order valence-corrected chi connectivity index (χ1v) is 12.0. The molecule has 0 radical (unpaired) electrons. The van der Waals surface area contributed by atoms with E-state index in [1.54, 1.807) is 29.3 Å². The third-order valence-electron chi connectivity index (χ3n) is 3.81. The van der Waals surface area contributed by atoms with Gasteiger partial charge < -0.3 is 4.72 Å². The van der Waals surface area contributed by atoms with Crippen molar-refractivity contribution in [3.63, 3.8) is 0 Å². The number of thioether (sulfide) groups is 1. The van der Waals surface area contributed by atoms with E-state index < -0.39 is 10.1 Å². The molecule has 0 amide bonds. The lowest BCUT2D eigenvalue weighted by molar-refractivity contribution is 0.596. The van der Waals surface area contributed by atoms with Crippen LogP contribution in [-0.2, 0) is 16.7 Å². The fourth-order valence-electron chi connectivity index (χ4n) is 2.64. The Hall–Kier alpha value is -2.46. The van der Waals surface area contributed by atoms with Gasteiger partial charge in [0.15, 0.2) is 16.6 Å². The number of thiol groups is 1. The molecule has 10 heteroatoms. The molecule has 0 aliphatic rings. The van der Waals surface area contributed by atoms with Crippen LogP contribution in [0.3, 0.4) is 0 Å². The zero-order valence-electron chi connectivity index (χ0n) is 15.6. The van der Waals surface area contributed by atoms with Crippen LogP contribution < -0.4 is 10.3 Å². The normalized spacial score (nSPS) is 12.3. The summed E-state index contributed by atoms with van der Waals surface area (Å²) in [5, 5.41) is 0.965. The minimum atomic E-state index is -2.54. The molecule has 0 aliphatic carbocycles. The Kier molecular flexibility index (Phi) is 5.20. The van der Waals surface area contributed by atoms with Crippen molar-refractivity contribution in [1.29, 1.82) is 0 Å². The van der Waals surface area contributed by atoms with Crippen LogP contribution >= 0.6 is 11.8 Å². The minimum Gasteiger partial charge on any atom is -0.311 e. The van der Waals surface area contributed by atoms with Crippen molar-refractivity contribution in [2.45, 2.75) is 18.6 Å². The number of aryl methyl sites for hydroxylation is 1. The number of nitrogens with zero attached hydrogens (tertiary/aromatic N) is 5. The van der Waals surface area contributed by atoms with Gasteiger partial charge in [-0.1, -0.05) is 23.9 Å². The summed E-state index contributed by atoms with van der Waals surface area (Å²) >= 11 is 1.39. The predicted molar refractivity (Wildman–Crippen MR) is 113 cm³/mol. The van der Waals surface area contributed by atoms with E-state index in [2.05, 4.69) is 26.3 Å². The van der Waals surface area contributed by atoms with Crippen molar-refractivity contribution in [2.24, 2.45) is 0 Å². The number of hydrogen-bond acceptors (Lipinski definition) is 6. The summed E-state index contributed by atoms with van der Waals surface area (Å²) in [4.78, 5) is 26.1. The molecule has 0 aromatic carbocycles. The third kappa shape index (κ3) is 3.81. The van der Waals surface area contributed by atoms with Gasteiger partial charge in [0, 0.05) is 18.7 Å². The van der Waals surface area contributed by atoms with Crippen LogP contribution in [0.1, 0.15) is 5.56 Å². The molecule has 0 atom stereocenters. The second-order valence-corrected chi connectivity index (χ2v) is 10.1. The summed E-state index contributed by atoms with van der Waals surface area (Å²) in [5.41, 5.74) is 1.11. The number of aromatic nitrogens is 5. The lowest BCUT2D eigenvalue weighted by Gasteiger charge is -2.18.